The lowest BCUT2D eigenvalue weighted by atomic mass is 10.5. The number of nitrogens with zero attached hydrogens (tertiary/aromatic N) is 3. The maximum Gasteiger partial charge on any atom is 0.350 e. The summed E-state index contributed by atoms with van der Waals surface area (Å²) in [5.41, 5.74) is 0. The Morgan fingerprint density at radius 3 is 2.91 bits per heavy atom. The Morgan fingerprint density at radius 2 is 2.45 bits per heavy atom. The van der Waals surface area contributed by atoms with Crippen LogP contribution in [-0.2, 0) is 9.73 Å². The van der Waals surface area contributed by atoms with Crippen LogP contribution >= 0.6 is 0 Å². The Morgan fingerprint density at radius 1 is 1.64 bits per heavy atom. The molecule has 1 saturated heterocycles. The molecule has 0 spiro atoms. The van der Waals surface area contributed by atoms with Gasteiger partial charge in [0.05, 0.1) is 9.73 Å². The third-order valence-electron chi connectivity index (χ3n) is 1.52. The molecular formula is C5H7N3O2S. The predicted molar refractivity (Wildman–Crippen MR) is 38.9 cm³/mol. The molecule has 0 aromatic carbocycles. The molecule has 6 heteroatoms. The second-order valence-corrected chi connectivity index (χ2v) is 4.89. The van der Waals surface area contributed by atoms with Crippen molar-refractivity contribution in [3.05, 3.63) is 6.39 Å². The fraction of sp³-hybridized carbons (Fsp3) is 0.600. The first-order valence-electron chi connectivity index (χ1n) is 3.27. The van der Waals surface area contributed by atoms with E-state index < -0.39 is 9.73 Å². The van der Waals surface area contributed by atoms with Crippen molar-refractivity contribution in [3.8, 4) is 0 Å². The van der Waals surface area contributed by atoms with E-state index in [2.05, 4.69) is 14.6 Å². The molecule has 0 aliphatic carbocycles. The van der Waals surface area contributed by atoms with Crippen LogP contribution in [0, 0.1) is 0 Å². The van der Waals surface area contributed by atoms with Gasteiger partial charge in [0.1, 0.15) is 0 Å². The maximum atomic E-state index is 11.4. The first-order valence-corrected chi connectivity index (χ1v) is 5.13. The summed E-state index contributed by atoms with van der Waals surface area (Å²) in [6.45, 7) is 0. The average Bonchev–Trinajstić information content (AvgIpc) is 2.36. The highest BCUT2D eigenvalue weighted by molar-refractivity contribution is 7.95. The summed E-state index contributed by atoms with van der Waals surface area (Å²) in [4.78, 5) is 0. The summed E-state index contributed by atoms with van der Waals surface area (Å²) >= 11 is 0. The maximum absolute atomic E-state index is 11.4. The fourth-order valence-electron chi connectivity index (χ4n) is 0.832. The molecule has 1 aliphatic heterocycles. The highest BCUT2D eigenvalue weighted by Crippen LogP contribution is 2.18. The van der Waals surface area contributed by atoms with Crippen molar-refractivity contribution < 1.29 is 8.63 Å². The Labute approximate surface area is 64.0 Å². The molecule has 0 atom stereocenters. The minimum absolute atomic E-state index is 0.134. The van der Waals surface area contributed by atoms with Crippen molar-refractivity contribution in [3.63, 3.8) is 0 Å². The molecular weight excluding hydrogens is 166 g/mol. The van der Waals surface area contributed by atoms with Gasteiger partial charge < -0.3 is 4.42 Å². The first-order chi connectivity index (χ1) is 5.29. The van der Waals surface area contributed by atoms with E-state index in [-0.39, 0.29) is 6.01 Å². The number of rotatable bonds is 1. The van der Waals surface area contributed by atoms with E-state index in [0.29, 0.717) is 11.5 Å². The van der Waals surface area contributed by atoms with Crippen molar-refractivity contribution in [1.82, 2.24) is 10.2 Å². The van der Waals surface area contributed by atoms with Crippen LogP contribution in [0.3, 0.4) is 0 Å². The minimum Gasteiger partial charge on any atom is -0.409 e. The topological polar surface area (TPSA) is 68.3 Å². The second-order valence-electron chi connectivity index (χ2n) is 2.35. The molecule has 0 bridgehead atoms. The smallest absolute Gasteiger partial charge is 0.350 e. The largest absolute Gasteiger partial charge is 0.409 e. The molecule has 2 heterocycles. The van der Waals surface area contributed by atoms with E-state index in [0.717, 1.165) is 6.42 Å². The molecule has 0 amide bonds. The highest BCUT2D eigenvalue weighted by Gasteiger charge is 2.20. The van der Waals surface area contributed by atoms with Crippen LogP contribution in [-0.4, -0.2) is 25.9 Å². The fourth-order valence-corrected chi connectivity index (χ4v) is 2.16. The lowest BCUT2D eigenvalue weighted by Gasteiger charge is -2.15. The summed E-state index contributed by atoms with van der Waals surface area (Å²) in [6.07, 6.45) is 2.16. The van der Waals surface area contributed by atoms with Gasteiger partial charge in [0, 0.05) is 11.5 Å². The van der Waals surface area contributed by atoms with Crippen molar-refractivity contribution in [2.75, 3.05) is 11.5 Å². The van der Waals surface area contributed by atoms with Crippen LogP contribution in [0.1, 0.15) is 6.42 Å². The van der Waals surface area contributed by atoms with Gasteiger partial charge in [0.25, 0.3) is 0 Å². The van der Waals surface area contributed by atoms with Crippen molar-refractivity contribution in [2.45, 2.75) is 6.42 Å². The van der Waals surface area contributed by atoms with E-state index in [9.17, 15) is 4.21 Å². The van der Waals surface area contributed by atoms with E-state index >= 15 is 0 Å². The zero-order chi connectivity index (χ0) is 7.73. The Hall–Kier alpha value is -0.910. The van der Waals surface area contributed by atoms with Crippen molar-refractivity contribution in [1.29, 1.82) is 0 Å². The Bertz CT molecular complexity index is 340. The van der Waals surface area contributed by atoms with Gasteiger partial charge in [-0.25, -0.2) is 4.21 Å². The van der Waals surface area contributed by atoms with Crippen LogP contribution in [0.2, 0.25) is 0 Å². The molecule has 5 nitrogen and oxygen atoms in total. The summed E-state index contributed by atoms with van der Waals surface area (Å²) < 4.78 is 20.0. The molecule has 0 radical (unpaired) electrons. The van der Waals surface area contributed by atoms with Gasteiger partial charge in [0.15, 0.2) is 0 Å². The number of aromatic nitrogens is 2. The Balaban J connectivity index is 2.34. The molecule has 0 N–H and O–H groups in total. The van der Waals surface area contributed by atoms with Gasteiger partial charge in [0.2, 0.25) is 6.39 Å². The third-order valence-corrected chi connectivity index (χ3v) is 3.86. The lowest BCUT2D eigenvalue weighted by Crippen LogP contribution is -2.22. The second kappa shape index (κ2) is 2.30. The van der Waals surface area contributed by atoms with Gasteiger partial charge in [-0.1, -0.05) is 5.10 Å². The van der Waals surface area contributed by atoms with E-state index in [1.54, 1.807) is 0 Å². The van der Waals surface area contributed by atoms with Crippen LogP contribution in [0.4, 0.5) is 6.01 Å². The first kappa shape index (κ1) is 6.78. The SMILES string of the molecule is O=S1(=Nc2nnco2)CCC1. The highest BCUT2D eigenvalue weighted by atomic mass is 32.2. The molecule has 11 heavy (non-hydrogen) atoms. The molecule has 1 aromatic heterocycles. The molecule has 2 rings (SSSR count). The van der Waals surface area contributed by atoms with Crippen LogP contribution in [0.15, 0.2) is 15.2 Å². The Kier molecular flexibility index (Phi) is 1.42. The molecule has 1 fully saturated rings. The lowest BCUT2D eigenvalue weighted by molar-refractivity contribution is 0.563. The molecule has 1 aromatic rings. The molecule has 0 saturated carbocycles. The summed E-state index contributed by atoms with van der Waals surface area (Å²) in [6, 6.07) is 0.134. The van der Waals surface area contributed by atoms with Crippen LogP contribution in [0.5, 0.6) is 0 Å². The third kappa shape index (κ3) is 1.25. The molecule has 60 valence electrons. The van der Waals surface area contributed by atoms with Gasteiger partial charge in [-0.2, -0.15) is 0 Å². The van der Waals surface area contributed by atoms with Gasteiger partial charge >= 0.3 is 6.01 Å². The van der Waals surface area contributed by atoms with Crippen molar-refractivity contribution >= 4 is 15.7 Å². The number of hydrogen-bond donors (Lipinski definition) is 0. The quantitative estimate of drug-likeness (QED) is 0.622. The van der Waals surface area contributed by atoms with Crippen molar-refractivity contribution in [2.24, 2.45) is 4.36 Å². The van der Waals surface area contributed by atoms with Gasteiger partial charge in [-0.15, -0.1) is 9.46 Å². The van der Waals surface area contributed by atoms with Gasteiger partial charge in [-0.05, 0) is 6.42 Å². The summed E-state index contributed by atoms with van der Waals surface area (Å²) in [7, 11) is -1.98. The van der Waals surface area contributed by atoms with Gasteiger partial charge in [-0.3, -0.25) is 0 Å². The van der Waals surface area contributed by atoms with E-state index in [4.69, 9.17) is 4.42 Å². The monoisotopic (exact) mass is 173 g/mol. The normalized spacial score (nSPS) is 20.7. The zero-order valence-corrected chi connectivity index (χ0v) is 6.58. The predicted octanol–water partition coefficient (Wildman–Crippen LogP) is 0.573. The van der Waals surface area contributed by atoms with Crippen LogP contribution < -0.4 is 0 Å². The average molecular weight is 173 g/mol. The summed E-state index contributed by atoms with van der Waals surface area (Å²) in [5.74, 6) is 1.32. The van der Waals surface area contributed by atoms with E-state index in [1.807, 2.05) is 0 Å². The summed E-state index contributed by atoms with van der Waals surface area (Å²) in [5, 5.41) is 6.95. The zero-order valence-electron chi connectivity index (χ0n) is 5.77. The molecule has 1 aliphatic rings. The standard InChI is InChI=1S/C5H7N3O2S/c9-11(2-1-3-11)8-5-7-6-4-10-5/h4H,1-3H2. The minimum atomic E-state index is -1.98. The molecule has 0 unspecified atom stereocenters. The van der Waals surface area contributed by atoms with E-state index in [1.165, 1.54) is 6.39 Å². The number of hydrogen-bond acceptors (Lipinski definition) is 5. The van der Waals surface area contributed by atoms with Crippen LogP contribution in [0.25, 0.3) is 0 Å².